The Labute approximate surface area is 117 Å². The number of benzene rings is 1. The molecule has 2 heteroatoms. The molecular formula is C17H27NO. The van der Waals surface area contributed by atoms with E-state index in [4.69, 9.17) is 10.5 Å². The van der Waals surface area contributed by atoms with Gasteiger partial charge < -0.3 is 10.5 Å². The third-order valence-electron chi connectivity index (χ3n) is 4.38. The van der Waals surface area contributed by atoms with Gasteiger partial charge in [0.15, 0.2) is 0 Å². The molecule has 19 heavy (non-hydrogen) atoms. The van der Waals surface area contributed by atoms with Gasteiger partial charge in [-0.2, -0.15) is 0 Å². The molecular weight excluding hydrogens is 234 g/mol. The molecule has 0 spiro atoms. The van der Waals surface area contributed by atoms with Gasteiger partial charge in [0, 0.05) is 5.69 Å². The minimum atomic E-state index is 0.408. The number of rotatable bonds is 4. The predicted octanol–water partition coefficient (Wildman–Crippen LogP) is 4.25. The summed E-state index contributed by atoms with van der Waals surface area (Å²) in [5.74, 6) is 2.21. The average molecular weight is 261 g/mol. The van der Waals surface area contributed by atoms with Crippen molar-refractivity contribution in [3.05, 3.63) is 29.8 Å². The highest BCUT2D eigenvalue weighted by Gasteiger charge is 2.31. The van der Waals surface area contributed by atoms with Crippen molar-refractivity contribution >= 4 is 5.69 Å². The molecule has 1 aromatic carbocycles. The van der Waals surface area contributed by atoms with Crippen LogP contribution in [0.1, 0.15) is 45.6 Å². The zero-order valence-corrected chi connectivity index (χ0v) is 12.4. The molecule has 0 amide bonds. The van der Waals surface area contributed by atoms with Crippen molar-refractivity contribution in [3.63, 3.8) is 0 Å². The van der Waals surface area contributed by atoms with Gasteiger partial charge >= 0.3 is 0 Å². The summed E-state index contributed by atoms with van der Waals surface area (Å²) < 4.78 is 6.21. The van der Waals surface area contributed by atoms with E-state index in [0.29, 0.717) is 24.5 Å². The van der Waals surface area contributed by atoms with Crippen LogP contribution in [0.2, 0.25) is 0 Å². The molecule has 0 aromatic heterocycles. The van der Waals surface area contributed by atoms with Crippen molar-refractivity contribution < 1.29 is 4.74 Å². The monoisotopic (exact) mass is 261 g/mol. The molecule has 3 unspecified atom stereocenters. The van der Waals surface area contributed by atoms with Gasteiger partial charge in [0.1, 0.15) is 0 Å². The first-order valence-corrected chi connectivity index (χ1v) is 7.52. The van der Waals surface area contributed by atoms with E-state index in [1.54, 1.807) is 0 Å². The van der Waals surface area contributed by atoms with Crippen LogP contribution in [0.4, 0.5) is 5.69 Å². The van der Waals surface area contributed by atoms with Crippen molar-refractivity contribution in [2.24, 2.45) is 17.8 Å². The predicted molar refractivity (Wildman–Crippen MR) is 80.8 cm³/mol. The minimum Gasteiger partial charge on any atom is -0.399 e. The summed E-state index contributed by atoms with van der Waals surface area (Å²) >= 11 is 0. The lowest BCUT2D eigenvalue weighted by molar-refractivity contribution is -0.0472. The molecule has 1 fully saturated rings. The highest BCUT2D eigenvalue weighted by Crippen LogP contribution is 2.35. The molecule has 0 bridgehead atoms. The molecule has 2 rings (SSSR count). The standard InChI is InChI=1S/C17H27NO/c1-12(2)16-8-7-13(3)9-17(16)19-11-14-5-4-6-15(18)10-14/h4-6,10,12-13,16-17H,7-9,11,18H2,1-3H3. The largest absolute Gasteiger partial charge is 0.399 e. The quantitative estimate of drug-likeness (QED) is 0.822. The maximum absolute atomic E-state index is 6.21. The normalized spacial score (nSPS) is 27.7. The fraction of sp³-hybridized carbons (Fsp3) is 0.647. The molecule has 0 saturated heterocycles. The summed E-state index contributed by atoms with van der Waals surface area (Å²) in [7, 11) is 0. The molecule has 1 aromatic rings. The van der Waals surface area contributed by atoms with E-state index in [1.165, 1.54) is 24.8 Å². The number of hydrogen-bond donors (Lipinski definition) is 1. The Morgan fingerprint density at radius 1 is 1.32 bits per heavy atom. The minimum absolute atomic E-state index is 0.408. The number of nitrogens with two attached hydrogens (primary N) is 1. The molecule has 0 radical (unpaired) electrons. The second kappa shape index (κ2) is 6.42. The third-order valence-corrected chi connectivity index (χ3v) is 4.38. The van der Waals surface area contributed by atoms with Crippen molar-refractivity contribution in [2.75, 3.05) is 5.73 Å². The topological polar surface area (TPSA) is 35.2 Å². The van der Waals surface area contributed by atoms with E-state index in [2.05, 4.69) is 26.8 Å². The van der Waals surface area contributed by atoms with Gasteiger partial charge in [-0.25, -0.2) is 0 Å². The molecule has 106 valence electrons. The molecule has 2 N–H and O–H groups in total. The molecule has 0 heterocycles. The number of nitrogen functional groups attached to an aromatic ring is 1. The van der Waals surface area contributed by atoms with E-state index in [1.807, 2.05) is 18.2 Å². The van der Waals surface area contributed by atoms with E-state index in [-0.39, 0.29) is 0 Å². The van der Waals surface area contributed by atoms with Crippen LogP contribution in [0.15, 0.2) is 24.3 Å². The van der Waals surface area contributed by atoms with E-state index in [0.717, 1.165) is 11.6 Å². The van der Waals surface area contributed by atoms with Crippen molar-refractivity contribution in [1.29, 1.82) is 0 Å². The van der Waals surface area contributed by atoms with E-state index >= 15 is 0 Å². The lowest BCUT2D eigenvalue weighted by atomic mass is 9.75. The molecule has 0 aliphatic heterocycles. The summed E-state index contributed by atoms with van der Waals surface area (Å²) in [6.45, 7) is 7.66. The number of anilines is 1. The molecule has 3 atom stereocenters. The zero-order valence-electron chi connectivity index (χ0n) is 12.4. The molecule has 2 nitrogen and oxygen atoms in total. The Morgan fingerprint density at radius 2 is 2.11 bits per heavy atom. The fourth-order valence-corrected chi connectivity index (χ4v) is 3.19. The van der Waals surface area contributed by atoms with Crippen molar-refractivity contribution in [3.8, 4) is 0 Å². The van der Waals surface area contributed by atoms with Gasteiger partial charge in [-0.05, 0) is 48.3 Å². The maximum Gasteiger partial charge on any atom is 0.0721 e. The maximum atomic E-state index is 6.21. The first-order chi connectivity index (χ1) is 9.06. The average Bonchev–Trinajstić information content (AvgIpc) is 2.36. The second-order valence-electron chi connectivity index (χ2n) is 6.42. The number of ether oxygens (including phenoxy) is 1. The van der Waals surface area contributed by atoms with Gasteiger partial charge in [-0.15, -0.1) is 0 Å². The van der Waals surface area contributed by atoms with Gasteiger partial charge in [0.2, 0.25) is 0 Å². The highest BCUT2D eigenvalue weighted by atomic mass is 16.5. The van der Waals surface area contributed by atoms with Crippen LogP contribution in [-0.4, -0.2) is 6.10 Å². The molecule has 1 aliphatic rings. The second-order valence-corrected chi connectivity index (χ2v) is 6.42. The Hall–Kier alpha value is -1.02. The lowest BCUT2D eigenvalue weighted by Gasteiger charge is -2.37. The summed E-state index contributed by atoms with van der Waals surface area (Å²) in [5, 5.41) is 0. The Bertz CT molecular complexity index is 402. The van der Waals surface area contributed by atoms with E-state index < -0.39 is 0 Å². The van der Waals surface area contributed by atoms with Gasteiger partial charge in [0.25, 0.3) is 0 Å². The van der Waals surface area contributed by atoms with Crippen LogP contribution >= 0.6 is 0 Å². The van der Waals surface area contributed by atoms with E-state index in [9.17, 15) is 0 Å². The number of hydrogen-bond acceptors (Lipinski definition) is 2. The first kappa shape index (κ1) is 14.4. The van der Waals surface area contributed by atoms with Crippen LogP contribution in [-0.2, 0) is 11.3 Å². The van der Waals surface area contributed by atoms with Crippen molar-refractivity contribution in [1.82, 2.24) is 0 Å². The Morgan fingerprint density at radius 3 is 2.79 bits per heavy atom. The Kier molecular flexibility index (Phi) is 4.87. The fourth-order valence-electron chi connectivity index (χ4n) is 3.19. The molecule has 1 saturated carbocycles. The van der Waals surface area contributed by atoms with Crippen LogP contribution in [0.3, 0.4) is 0 Å². The van der Waals surface area contributed by atoms with Crippen molar-refractivity contribution in [2.45, 2.75) is 52.7 Å². The lowest BCUT2D eigenvalue weighted by Crippen LogP contribution is -2.34. The highest BCUT2D eigenvalue weighted by molar-refractivity contribution is 5.40. The summed E-state index contributed by atoms with van der Waals surface area (Å²) in [4.78, 5) is 0. The zero-order chi connectivity index (χ0) is 13.8. The SMILES string of the molecule is CC1CCC(C(C)C)C(OCc2cccc(N)c2)C1. The summed E-state index contributed by atoms with van der Waals surface area (Å²) in [6.07, 6.45) is 4.26. The van der Waals surface area contributed by atoms with Crippen LogP contribution in [0.25, 0.3) is 0 Å². The van der Waals surface area contributed by atoms with Crippen LogP contribution in [0, 0.1) is 17.8 Å². The first-order valence-electron chi connectivity index (χ1n) is 7.52. The Balaban J connectivity index is 1.95. The molecule has 1 aliphatic carbocycles. The van der Waals surface area contributed by atoms with Gasteiger partial charge in [0.05, 0.1) is 12.7 Å². The van der Waals surface area contributed by atoms with Crippen LogP contribution < -0.4 is 5.73 Å². The summed E-state index contributed by atoms with van der Waals surface area (Å²) in [6, 6.07) is 8.02. The van der Waals surface area contributed by atoms with Gasteiger partial charge in [-0.3, -0.25) is 0 Å². The van der Waals surface area contributed by atoms with Crippen LogP contribution in [0.5, 0.6) is 0 Å². The summed E-state index contributed by atoms with van der Waals surface area (Å²) in [5.41, 5.74) is 7.81. The third kappa shape index (κ3) is 3.97. The van der Waals surface area contributed by atoms with Gasteiger partial charge in [-0.1, -0.05) is 39.3 Å². The smallest absolute Gasteiger partial charge is 0.0721 e.